The summed E-state index contributed by atoms with van der Waals surface area (Å²) in [5.41, 5.74) is 2.17. The standard InChI is InChI=1S/C22H24ClN5O3/c1-2-3-4-17-12-27(14-18-13-26(10-9-24)22(30)31-18)21(29)20-11-19(25-28(17)20)15-5-7-16(23)8-6-15/h5-8,11,17-18H,2-4,10,12-14H2,1H3. The number of fused-ring (bicyclic) bond motifs is 1. The van der Waals surface area contributed by atoms with Gasteiger partial charge in [-0.15, -0.1) is 0 Å². The predicted octanol–water partition coefficient (Wildman–Crippen LogP) is 3.73. The summed E-state index contributed by atoms with van der Waals surface area (Å²) in [6.45, 7) is 3.25. The van der Waals surface area contributed by atoms with E-state index >= 15 is 0 Å². The number of ether oxygens (including phenoxy) is 1. The van der Waals surface area contributed by atoms with Gasteiger partial charge in [-0.3, -0.25) is 14.4 Å². The molecule has 0 aliphatic carbocycles. The molecule has 2 aliphatic heterocycles. The third-order valence-electron chi connectivity index (χ3n) is 5.69. The maximum atomic E-state index is 13.2. The summed E-state index contributed by atoms with van der Waals surface area (Å²) in [7, 11) is 0. The van der Waals surface area contributed by atoms with E-state index in [1.165, 1.54) is 4.90 Å². The summed E-state index contributed by atoms with van der Waals surface area (Å²) in [6.07, 6.45) is 2.03. The van der Waals surface area contributed by atoms with Crippen molar-refractivity contribution in [2.75, 3.05) is 26.2 Å². The number of carbonyl (C=O) groups excluding carboxylic acids is 2. The van der Waals surface area contributed by atoms with Crippen molar-refractivity contribution in [3.05, 3.63) is 41.0 Å². The lowest BCUT2D eigenvalue weighted by atomic mass is 10.1. The van der Waals surface area contributed by atoms with Gasteiger partial charge in [0.25, 0.3) is 5.91 Å². The lowest BCUT2D eigenvalue weighted by Crippen LogP contribution is -2.47. The van der Waals surface area contributed by atoms with E-state index in [4.69, 9.17) is 26.7 Å². The Labute approximate surface area is 185 Å². The first-order valence-electron chi connectivity index (χ1n) is 10.5. The summed E-state index contributed by atoms with van der Waals surface area (Å²) >= 11 is 6.00. The number of benzene rings is 1. The Morgan fingerprint density at radius 3 is 2.71 bits per heavy atom. The molecule has 4 rings (SSSR count). The van der Waals surface area contributed by atoms with Crippen LogP contribution in [-0.2, 0) is 4.74 Å². The first kappa shape index (κ1) is 21.2. The van der Waals surface area contributed by atoms with Crippen LogP contribution in [0.1, 0.15) is 42.7 Å². The maximum Gasteiger partial charge on any atom is 0.411 e. The van der Waals surface area contributed by atoms with Crippen molar-refractivity contribution in [3.8, 4) is 17.3 Å². The van der Waals surface area contributed by atoms with E-state index < -0.39 is 12.2 Å². The molecule has 8 nitrogen and oxygen atoms in total. The number of unbranched alkanes of at least 4 members (excludes halogenated alkanes) is 1. The Balaban J connectivity index is 1.57. The number of rotatable bonds is 7. The molecule has 3 heterocycles. The smallest absolute Gasteiger partial charge is 0.411 e. The fraction of sp³-hybridized carbons (Fsp3) is 0.455. The molecule has 0 spiro atoms. The Bertz CT molecular complexity index is 1010. The Morgan fingerprint density at radius 1 is 1.23 bits per heavy atom. The van der Waals surface area contributed by atoms with Gasteiger partial charge in [0.1, 0.15) is 18.3 Å². The number of hydrogen-bond donors (Lipinski definition) is 0. The number of nitrogens with zero attached hydrogens (tertiary/aromatic N) is 5. The van der Waals surface area contributed by atoms with Gasteiger partial charge < -0.3 is 9.64 Å². The highest BCUT2D eigenvalue weighted by molar-refractivity contribution is 6.30. The van der Waals surface area contributed by atoms with Gasteiger partial charge in [0, 0.05) is 17.1 Å². The molecule has 1 aromatic carbocycles. The highest BCUT2D eigenvalue weighted by Gasteiger charge is 2.38. The second-order valence-corrected chi connectivity index (χ2v) is 8.35. The summed E-state index contributed by atoms with van der Waals surface area (Å²) in [6, 6.07) is 11.2. The van der Waals surface area contributed by atoms with Gasteiger partial charge in [0.2, 0.25) is 0 Å². The van der Waals surface area contributed by atoms with Crippen molar-refractivity contribution in [1.82, 2.24) is 19.6 Å². The van der Waals surface area contributed by atoms with Crippen molar-refractivity contribution in [1.29, 1.82) is 5.26 Å². The number of halogens is 1. The van der Waals surface area contributed by atoms with E-state index in [-0.39, 0.29) is 18.5 Å². The topological polar surface area (TPSA) is 91.5 Å². The predicted molar refractivity (Wildman–Crippen MR) is 115 cm³/mol. The zero-order valence-electron chi connectivity index (χ0n) is 17.3. The normalized spacial score (nSPS) is 20.5. The molecular weight excluding hydrogens is 418 g/mol. The van der Waals surface area contributed by atoms with E-state index in [1.807, 2.05) is 29.0 Å². The average Bonchev–Trinajstić information content (AvgIpc) is 3.34. The van der Waals surface area contributed by atoms with E-state index in [1.54, 1.807) is 17.0 Å². The molecule has 0 saturated carbocycles. The molecule has 2 amide bonds. The fourth-order valence-corrected chi connectivity index (χ4v) is 4.24. The van der Waals surface area contributed by atoms with Crippen LogP contribution in [0.15, 0.2) is 30.3 Å². The lowest BCUT2D eigenvalue weighted by molar-refractivity contribution is 0.0524. The van der Waals surface area contributed by atoms with Gasteiger partial charge in [-0.1, -0.05) is 43.5 Å². The maximum absolute atomic E-state index is 13.2. The molecule has 1 aromatic heterocycles. The SMILES string of the molecule is CCCCC1CN(CC2CN(CC#N)C(=O)O2)C(=O)c2cc(-c3ccc(Cl)cc3)nn21. The number of aromatic nitrogens is 2. The number of cyclic esters (lactones) is 1. The van der Waals surface area contributed by atoms with Crippen LogP contribution < -0.4 is 0 Å². The molecule has 0 bridgehead atoms. The van der Waals surface area contributed by atoms with Gasteiger partial charge in [-0.05, 0) is 24.6 Å². The minimum Gasteiger partial charge on any atom is -0.442 e. The Morgan fingerprint density at radius 2 is 2.00 bits per heavy atom. The van der Waals surface area contributed by atoms with Crippen molar-refractivity contribution in [3.63, 3.8) is 0 Å². The Kier molecular flexibility index (Phi) is 6.14. The number of carbonyl (C=O) groups is 2. The van der Waals surface area contributed by atoms with E-state index in [9.17, 15) is 9.59 Å². The van der Waals surface area contributed by atoms with Crippen molar-refractivity contribution in [2.24, 2.45) is 0 Å². The number of amides is 2. The molecule has 2 aromatic rings. The lowest BCUT2D eigenvalue weighted by Gasteiger charge is -2.34. The molecule has 1 fully saturated rings. The van der Waals surface area contributed by atoms with E-state index in [2.05, 4.69) is 6.92 Å². The largest absolute Gasteiger partial charge is 0.442 e. The van der Waals surface area contributed by atoms with Crippen LogP contribution in [0.2, 0.25) is 5.02 Å². The molecule has 31 heavy (non-hydrogen) atoms. The first-order valence-corrected chi connectivity index (χ1v) is 10.8. The van der Waals surface area contributed by atoms with E-state index in [0.717, 1.165) is 30.5 Å². The fourth-order valence-electron chi connectivity index (χ4n) is 4.11. The number of hydrogen-bond acceptors (Lipinski definition) is 5. The van der Waals surface area contributed by atoms with Crippen LogP contribution in [0.5, 0.6) is 0 Å². The summed E-state index contributed by atoms with van der Waals surface area (Å²) in [4.78, 5) is 28.3. The monoisotopic (exact) mass is 441 g/mol. The third kappa shape index (κ3) is 4.37. The van der Waals surface area contributed by atoms with Crippen LogP contribution in [0.3, 0.4) is 0 Å². The second-order valence-electron chi connectivity index (χ2n) is 7.92. The quantitative estimate of drug-likeness (QED) is 0.610. The van der Waals surface area contributed by atoms with Gasteiger partial charge in [0.15, 0.2) is 0 Å². The molecule has 162 valence electrons. The van der Waals surface area contributed by atoms with Crippen LogP contribution in [0.4, 0.5) is 4.79 Å². The molecule has 9 heteroatoms. The summed E-state index contributed by atoms with van der Waals surface area (Å²) in [5.74, 6) is -0.129. The van der Waals surface area contributed by atoms with Crippen LogP contribution in [0, 0.1) is 11.3 Å². The van der Waals surface area contributed by atoms with Crippen LogP contribution in [0.25, 0.3) is 11.3 Å². The molecule has 2 atom stereocenters. The van der Waals surface area contributed by atoms with Crippen molar-refractivity contribution < 1.29 is 14.3 Å². The van der Waals surface area contributed by atoms with Crippen molar-refractivity contribution >= 4 is 23.6 Å². The van der Waals surface area contributed by atoms with Crippen LogP contribution >= 0.6 is 11.6 Å². The van der Waals surface area contributed by atoms with Gasteiger partial charge in [-0.25, -0.2) is 4.79 Å². The minimum absolute atomic E-state index is 0.0143. The molecule has 0 radical (unpaired) electrons. The van der Waals surface area contributed by atoms with Crippen LogP contribution in [-0.4, -0.2) is 63.9 Å². The Hall–Kier alpha value is -3.05. The van der Waals surface area contributed by atoms with Gasteiger partial charge in [-0.2, -0.15) is 10.4 Å². The zero-order chi connectivity index (χ0) is 22.0. The second kappa shape index (κ2) is 8.98. The molecular formula is C22H24ClN5O3. The summed E-state index contributed by atoms with van der Waals surface area (Å²) < 4.78 is 7.22. The first-order chi connectivity index (χ1) is 15.0. The molecule has 2 aliphatic rings. The highest BCUT2D eigenvalue weighted by atomic mass is 35.5. The molecule has 2 unspecified atom stereocenters. The zero-order valence-corrected chi connectivity index (χ0v) is 18.1. The molecule has 0 N–H and O–H groups in total. The average molecular weight is 442 g/mol. The molecule has 1 saturated heterocycles. The number of nitriles is 1. The highest BCUT2D eigenvalue weighted by Crippen LogP contribution is 2.30. The van der Waals surface area contributed by atoms with Gasteiger partial charge >= 0.3 is 6.09 Å². The van der Waals surface area contributed by atoms with E-state index in [0.29, 0.717) is 30.4 Å². The van der Waals surface area contributed by atoms with Gasteiger partial charge in [0.05, 0.1) is 30.9 Å². The third-order valence-corrected chi connectivity index (χ3v) is 5.94. The minimum atomic E-state index is -0.506. The summed E-state index contributed by atoms with van der Waals surface area (Å²) in [5, 5.41) is 14.2. The van der Waals surface area contributed by atoms with Crippen molar-refractivity contribution in [2.45, 2.75) is 38.3 Å².